The summed E-state index contributed by atoms with van der Waals surface area (Å²) in [5, 5.41) is 6.30. The number of ketones is 1. The first kappa shape index (κ1) is 12.4. The first-order valence-electron chi connectivity index (χ1n) is 6.45. The van der Waals surface area contributed by atoms with Gasteiger partial charge in [-0.1, -0.05) is 36.4 Å². The zero-order chi connectivity index (χ0) is 14.1. The van der Waals surface area contributed by atoms with Crippen LogP contribution in [-0.2, 0) is 6.54 Å². The predicted molar refractivity (Wildman–Crippen MR) is 79.7 cm³/mol. The summed E-state index contributed by atoms with van der Waals surface area (Å²) in [6, 6.07) is 15.5. The molecule has 0 aliphatic carbocycles. The van der Waals surface area contributed by atoms with Gasteiger partial charge < -0.3 is 5.73 Å². The van der Waals surface area contributed by atoms with Gasteiger partial charge in [0.1, 0.15) is 12.4 Å². The summed E-state index contributed by atoms with van der Waals surface area (Å²) in [7, 11) is 0. The number of anilines is 1. The molecule has 0 unspecified atom stereocenters. The van der Waals surface area contributed by atoms with E-state index in [-0.39, 0.29) is 12.3 Å². The molecule has 0 aliphatic rings. The highest BCUT2D eigenvalue weighted by atomic mass is 16.1. The molecule has 4 heteroatoms. The molecular weight excluding hydrogens is 250 g/mol. The normalized spacial score (nSPS) is 10.8. The highest BCUT2D eigenvalue weighted by Gasteiger charge is 2.10. The number of hydrogen-bond donors (Lipinski definition) is 1. The monoisotopic (exact) mass is 265 g/mol. The van der Waals surface area contributed by atoms with Crippen LogP contribution in [0.5, 0.6) is 0 Å². The van der Waals surface area contributed by atoms with Crippen LogP contribution < -0.4 is 5.73 Å². The second-order valence-electron chi connectivity index (χ2n) is 4.85. The topological polar surface area (TPSA) is 60.9 Å². The number of nitrogens with zero attached hydrogens (tertiary/aromatic N) is 2. The van der Waals surface area contributed by atoms with Crippen LogP contribution in [0.1, 0.15) is 16.1 Å². The number of carbonyl (C=O) groups is 1. The van der Waals surface area contributed by atoms with Crippen molar-refractivity contribution in [1.82, 2.24) is 9.78 Å². The van der Waals surface area contributed by atoms with Gasteiger partial charge in [-0.2, -0.15) is 5.10 Å². The summed E-state index contributed by atoms with van der Waals surface area (Å²) >= 11 is 0. The average Bonchev–Trinajstić information content (AvgIpc) is 2.76. The summed E-state index contributed by atoms with van der Waals surface area (Å²) in [6.45, 7) is 2.10. The van der Waals surface area contributed by atoms with E-state index < -0.39 is 0 Å². The second-order valence-corrected chi connectivity index (χ2v) is 4.85. The highest BCUT2D eigenvalue weighted by molar-refractivity contribution is 5.99. The van der Waals surface area contributed by atoms with Gasteiger partial charge in [0.2, 0.25) is 0 Å². The molecule has 2 aromatic carbocycles. The van der Waals surface area contributed by atoms with Gasteiger partial charge in [-0.05, 0) is 23.8 Å². The third-order valence-electron chi connectivity index (χ3n) is 3.36. The van der Waals surface area contributed by atoms with Gasteiger partial charge in [-0.25, -0.2) is 0 Å². The Morgan fingerprint density at radius 2 is 1.90 bits per heavy atom. The molecule has 0 aliphatic heterocycles. The lowest BCUT2D eigenvalue weighted by molar-refractivity contribution is 0.0967. The minimum Gasteiger partial charge on any atom is -0.382 e. The molecule has 20 heavy (non-hydrogen) atoms. The maximum absolute atomic E-state index is 12.3. The maximum atomic E-state index is 12.3. The standard InChI is InChI=1S/C16H15N3O/c1-11-8-16(17)18-19(11)10-15(20)14-7-6-12-4-2-3-5-13(12)9-14/h2-9H,10H2,1H3,(H2,17,18). The van der Waals surface area contributed by atoms with Crippen LogP contribution >= 0.6 is 0 Å². The molecule has 0 bridgehead atoms. The Kier molecular flexibility index (Phi) is 2.99. The molecule has 1 heterocycles. The fourth-order valence-electron chi connectivity index (χ4n) is 2.29. The molecular formula is C16H15N3O. The van der Waals surface area contributed by atoms with Gasteiger partial charge in [-0.3, -0.25) is 9.48 Å². The highest BCUT2D eigenvalue weighted by Crippen LogP contribution is 2.16. The van der Waals surface area contributed by atoms with Crippen molar-refractivity contribution in [2.45, 2.75) is 13.5 Å². The fraction of sp³-hybridized carbons (Fsp3) is 0.125. The molecule has 1 aromatic heterocycles. The molecule has 0 atom stereocenters. The van der Waals surface area contributed by atoms with Crippen molar-refractivity contribution in [1.29, 1.82) is 0 Å². The van der Waals surface area contributed by atoms with Crippen LogP contribution in [0.15, 0.2) is 48.5 Å². The summed E-state index contributed by atoms with van der Waals surface area (Å²) in [5.74, 6) is 0.468. The Bertz CT molecular complexity index is 789. The Labute approximate surface area is 116 Å². The largest absolute Gasteiger partial charge is 0.382 e. The zero-order valence-electron chi connectivity index (χ0n) is 11.2. The lowest BCUT2D eigenvalue weighted by atomic mass is 10.0. The molecule has 0 saturated heterocycles. The quantitative estimate of drug-likeness (QED) is 0.741. The van der Waals surface area contributed by atoms with E-state index in [1.807, 2.05) is 49.4 Å². The van der Waals surface area contributed by atoms with E-state index >= 15 is 0 Å². The molecule has 0 fully saturated rings. The summed E-state index contributed by atoms with van der Waals surface area (Å²) < 4.78 is 1.63. The maximum Gasteiger partial charge on any atom is 0.184 e. The lowest BCUT2D eigenvalue weighted by Gasteiger charge is -2.05. The van der Waals surface area contributed by atoms with Crippen LogP contribution in [-0.4, -0.2) is 15.6 Å². The summed E-state index contributed by atoms with van der Waals surface area (Å²) in [6.07, 6.45) is 0. The van der Waals surface area contributed by atoms with Crippen molar-refractivity contribution in [2.24, 2.45) is 0 Å². The Morgan fingerprint density at radius 3 is 2.60 bits per heavy atom. The van der Waals surface area contributed by atoms with Crippen molar-refractivity contribution >= 4 is 22.4 Å². The van der Waals surface area contributed by atoms with Crippen molar-refractivity contribution in [3.8, 4) is 0 Å². The van der Waals surface area contributed by atoms with Crippen LogP contribution in [0.2, 0.25) is 0 Å². The third-order valence-corrected chi connectivity index (χ3v) is 3.36. The number of rotatable bonds is 3. The molecule has 3 rings (SSSR count). The number of Topliss-reactive ketones (excluding diaryl/α,β-unsaturated/α-hetero) is 1. The molecule has 0 spiro atoms. The van der Waals surface area contributed by atoms with E-state index in [0.717, 1.165) is 16.5 Å². The Hall–Kier alpha value is -2.62. The first-order chi connectivity index (χ1) is 9.63. The van der Waals surface area contributed by atoms with Crippen molar-refractivity contribution in [3.63, 3.8) is 0 Å². The van der Waals surface area contributed by atoms with E-state index in [2.05, 4.69) is 5.10 Å². The minimum absolute atomic E-state index is 0.0296. The zero-order valence-corrected chi connectivity index (χ0v) is 11.2. The van der Waals surface area contributed by atoms with E-state index in [9.17, 15) is 4.79 Å². The predicted octanol–water partition coefficient (Wildman–Crippen LogP) is 2.81. The summed E-state index contributed by atoms with van der Waals surface area (Å²) in [5.41, 5.74) is 7.20. The number of aromatic nitrogens is 2. The molecule has 0 radical (unpaired) electrons. The minimum atomic E-state index is 0.0296. The van der Waals surface area contributed by atoms with Crippen LogP contribution in [0.25, 0.3) is 10.8 Å². The van der Waals surface area contributed by atoms with E-state index in [1.54, 1.807) is 10.7 Å². The molecule has 0 amide bonds. The molecule has 4 nitrogen and oxygen atoms in total. The van der Waals surface area contributed by atoms with Crippen LogP contribution in [0, 0.1) is 6.92 Å². The number of benzene rings is 2. The van der Waals surface area contributed by atoms with E-state index in [1.165, 1.54) is 0 Å². The molecule has 0 saturated carbocycles. The first-order valence-corrected chi connectivity index (χ1v) is 6.45. The number of aryl methyl sites for hydroxylation is 1. The van der Waals surface area contributed by atoms with Crippen molar-refractivity contribution in [2.75, 3.05) is 5.73 Å². The van der Waals surface area contributed by atoms with Gasteiger partial charge in [0.15, 0.2) is 5.78 Å². The summed E-state index contributed by atoms with van der Waals surface area (Å²) in [4.78, 5) is 12.3. The van der Waals surface area contributed by atoms with Crippen molar-refractivity contribution < 1.29 is 4.79 Å². The smallest absolute Gasteiger partial charge is 0.184 e. The van der Waals surface area contributed by atoms with Gasteiger partial charge >= 0.3 is 0 Å². The van der Waals surface area contributed by atoms with E-state index in [0.29, 0.717) is 11.4 Å². The fourth-order valence-corrected chi connectivity index (χ4v) is 2.29. The Balaban J connectivity index is 1.90. The van der Waals surface area contributed by atoms with Gasteiger partial charge in [0, 0.05) is 17.3 Å². The SMILES string of the molecule is Cc1cc(N)nn1CC(=O)c1ccc2ccccc2c1. The number of fused-ring (bicyclic) bond motifs is 1. The second kappa shape index (κ2) is 4.81. The Morgan fingerprint density at radius 1 is 1.15 bits per heavy atom. The van der Waals surface area contributed by atoms with Crippen molar-refractivity contribution in [3.05, 3.63) is 59.8 Å². The van der Waals surface area contributed by atoms with Crippen LogP contribution in [0.3, 0.4) is 0 Å². The number of hydrogen-bond acceptors (Lipinski definition) is 3. The third kappa shape index (κ3) is 2.28. The van der Waals surface area contributed by atoms with Gasteiger partial charge in [0.05, 0.1) is 0 Å². The molecule has 100 valence electrons. The lowest BCUT2D eigenvalue weighted by Crippen LogP contribution is -2.13. The van der Waals surface area contributed by atoms with Gasteiger partial charge in [0.25, 0.3) is 0 Å². The molecule has 3 aromatic rings. The molecule has 2 N–H and O–H groups in total. The van der Waals surface area contributed by atoms with E-state index in [4.69, 9.17) is 5.73 Å². The van der Waals surface area contributed by atoms with Crippen LogP contribution in [0.4, 0.5) is 5.82 Å². The number of nitrogens with two attached hydrogens (primary N) is 1. The average molecular weight is 265 g/mol. The van der Waals surface area contributed by atoms with Gasteiger partial charge in [-0.15, -0.1) is 0 Å². The number of nitrogen functional groups attached to an aromatic ring is 1. The number of carbonyl (C=O) groups excluding carboxylic acids is 1.